The summed E-state index contributed by atoms with van der Waals surface area (Å²) in [7, 11) is 0. The number of benzene rings is 2. The van der Waals surface area contributed by atoms with Gasteiger partial charge in [0.15, 0.2) is 5.82 Å². The number of aromatic nitrogens is 3. The zero-order valence-electron chi connectivity index (χ0n) is 15.7. The van der Waals surface area contributed by atoms with E-state index in [2.05, 4.69) is 34.0 Å². The van der Waals surface area contributed by atoms with Crippen LogP contribution in [-0.4, -0.2) is 39.3 Å². The van der Waals surface area contributed by atoms with Crippen molar-refractivity contribution in [3.05, 3.63) is 58.4 Å². The second-order valence-corrected chi connectivity index (χ2v) is 6.58. The van der Waals surface area contributed by atoms with E-state index >= 15 is 0 Å². The predicted octanol–water partition coefficient (Wildman–Crippen LogP) is 4.35. The van der Waals surface area contributed by atoms with E-state index in [-0.39, 0.29) is 5.75 Å². The van der Waals surface area contributed by atoms with Gasteiger partial charge in [0.1, 0.15) is 5.75 Å². The molecular weight excluding hydrogens is 358 g/mol. The maximum Gasteiger partial charge on any atom is 0.216 e. The van der Waals surface area contributed by atoms with Gasteiger partial charge in [-0.25, -0.2) is 5.10 Å². The number of nitrogens with one attached hydrogen (secondary N) is 1. The maximum atomic E-state index is 10.4. The van der Waals surface area contributed by atoms with Gasteiger partial charge in [-0.3, -0.25) is 0 Å². The highest BCUT2D eigenvalue weighted by atomic mass is 32.1. The monoisotopic (exact) mass is 381 g/mol. The molecule has 0 atom stereocenters. The fourth-order valence-corrected chi connectivity index (χ4v) is 3.10. The van der Waals surface area contributed by atoms with Crippen LogP contribution < -0.4 is 4.90 Å². The molecule has 0 radical (unpaired) electrons. The minimum atomic E-state index is 0.176. The summed E-state index contributed by atoms with van der Waals surface area (Å²) in [6, 6.07) is 13.5. The summed E-state index contributed by atoms with van der Waals surface area (Å²) in [6.45, 7) is 7.96. The molecule has 0 aliphatic heterocycles. The van der Waals surface area contributed by atoms with Crippen LogP contribution in [0.1, 0.15) is 25.0 Å². The lowest BCUT2D eigenvalue weighted by Gasteiger charge is -2.21. The van der Waals surface area contributed by atoms with E-state index in [0.29, 0.717) is 16.2 Å². The number of nitrogens with zero attached hydrogens (tertiary/aromatic N) is 4. The molecule has 0 amide bonds. The molecule has 3 rings (SSSR count). The van der Waals surface area contributed by atoms with Gasteiger partial charge >= 0.3 is 0 Å². The number of phenolic OH excluding ortho intramolecular Hbond substituents is 1. The molecule has 0 bridgehead atoms. The lowest BCUT2D eigenvalue weighted by atomic mass is 10.1. The van der Waals surface area contributed by atoms with Crippen LogP contribution in [0.15, 0.2) is 47.6 Å². The SMILES string of the molecule is CCN(CC)c1ccc(/C=N/n2c(-c3cccc(C)c3)n[nH]c2=S)c(O)c1. The first-order valence-corrected chi connectivity index (χ1v) is 9.31. The molecule has 0 aliphatic rings. The first kappa shape index (κ1) is 18.8. The van der Waals surface area contributed by atoms with Crippen LogP contribution in [0.3, 0.4) is 0 Å². The van der Waals surface area contributed by atoms with Gasteiger partial charge in [-0.05, 0) is 51.2 Å². The van der Waals surface area contributed by atoms with Crippen LogP contribution in [0.4, 0.5) is 5.69 Å². The molecule has 27 heavy (non-hydrogen) atoms. The number of aromatic amines is 1. The van der Waals surface area contributed by atoms with Crippen LogP contribution in [0, 0.1) is 11.7 Å². The Kier molecular flexibility index (Phi) is 5.71. The average Bonchev–Trinajstić information content (AvgIpc) is 3.03. The molecule has 0 aliphatic carbocycles. The van der Waals surface area contributed by atoms with E-state index in [0.717, 1.165) is 29.9 Å². The van der Waals surface area contributed by atoms with Gasteiger partial charge in [-0.1, -0.05) is 23.8 Å². The summed E-state index contributed by atoms with van der Waals surface area (Å²) in [6.07, 6.45) is 1.59. The summed E-state index contributed by atoms with van der Waals surface area (Å²) < 4.78 is 1.95. The molecule has 2 N–H and O–H groups in total. The topological polar surface area (TPSA) is 69.4 Å². The first-order chi connectivity index (χ1) is 13.0. The van der Waals surface area contributed by atoms with Gasteiger partial charge in [-0.15, -0.1) is 0 Å². The lowest BCUT2D eigenvalue weighted by molar-refractivity contribution is 0.474. The van der Waals surface area contributed by atoms with Gasteiger partial charge in [0.05, 0.1) is 6.21 Å². The Balaban J connectivity index is 1.93. The molecule has 1 heterocycles. The number of rotatable bonds is 6. The van der Waals surface area contributed by atoms with Gasteiger partial charge < -0.3 is 10.0 Å². The van der Waals surface area contributed by atoms with Crippen molar-refractivity contribution in [1.82, 2.24) is 14.9 Å². The molecule has 140 valence electrons. The van der Waals surface area contributed by atoms with Crippen molar-refractivity contribution in [1.29, 1.82) is 0 Å². The van der Waals surface area contributed by atoms with Crippen molar-refractivity contribution in [3.8, 4) is 17.1 Å². The number of H-pyrrole nitrogens is 1. The third-order valence-electron chi connectivity index (χ3n) is 4.38. The molecule has 7 heteroatoms. The normalized spacial score (nSPS) is 11.2. The molecule has 1 aromatic heterocycles. The van der Waals surface area contributed by atoms with Crippen LogP contribution in [0.25, 0.3) is 11.4 Å². The second kappa shape index (κ2) is 8.18. The number of anilines is 1. The Hall–Kier alpha value is -2.93. The first-order valence-electron chi connectivity index (χ1n) is 8.90. The van der Waals surface area contributed by atoms with E-state index in [9.17, 15) is 5.11 Å². The summed E-state index contributed by atoms with van der Waals surface area (Å²) in [4.78, 5) is 2.17. The molecule has 6 nitrogen and oxygen atoms in total. The fourth-order valence-electron chi connectivity index (χ4n) is 2.92. The molecule has 0 saturated carbocycles. The van der Waals surface area contributed by atoms with Crippen molar-refractivity contribution in [2.45, 2.75) is 20.8 Å². The van der Waals surface area contributed by atoms with E-state index in [1.807, 2.05) is 43.3 Å². The molecular formula is C20H23N5OS. The molecule has 2 aromatic carbocycles. The van der Waals surface area contributed by atoms with Crippen molar-refractivity contribution in [2.75, 3.05) is 18.0 Å². The Morgan fingerprint density at radius 1 is 1.22 bits per heavy atom. The second-order valence-electron chi connectivity index (χ2n) is 6.19. The van der Waals surface area contributed by atoms with E-state index in [4.69, 9.17) is 12.2 Å². The number of phenols is 1. The van der Waals surface area contributed by atoms with Crippen molar-refractivity contribution >= 4 is 24.1 Å². The number of hydrogen-bond donors (Lipinski definition) is 2. The predicted molar refractivity (Wildman–Crippen MR) is 112 cm³/mol. The number of aromatic hydroxyl groups is 1. The van der Waals surface area contributed by atoms with Crippen LogP contribution in [-0.2, 0) is 0 Å². The van der Waals surface area contributed by atoms with Crippen LogP contribution >= 0.6 is 12.2 Å². The van der Waals surface area contributed by atoms with Crippen molar-refractivity contribution in [3.63, 3.8) is 0 Å². The Morgan fingerprint density at radius 3 is 2.67 bits per heavy atom. The Labute approximate surface area is 163 Å². The lowest BCUT2D eigenvalue weighted by Crippen LogP contribution is -2.21. The van der Waals surface area contributed by atoms with Gasteiger partial charge in [0.25, 0.3) is 0 Å². The molecule has 3 aromatic rings. The largest absolute Gasteiger partial charge is 0.507 e. The quantitative estimate of drug-likeness (QED) is 0.492. The molecule has 0 unspecified atom stereocenters. The smallest absolute Gasteiger partial charge is 0.216 e. The average molecular weight is 382 g/mol. The highest BCUT2D eigenvalue weighted by Gasteiger charge is 2.09. The van der Waals surface area contributed by atoms with E-state index < -0.39 is 0 Å². The van der Waals surface area contributed by atoms with Gasteiger partial charge in [0, 0.05) is 36.0 Å². The summed E-state index contributed by atoms with van der Waals surface area (Å²) in [5.74, 6) is 0.800. The van der Waals surface area contributed by atoms with Crippen LogP contribution in [0.5, 0.6) is 5.75 Å². The minimum Gasteiger partial charge on any atom is -0.507 e. The zero-order valence-corrected chi connectivity index (χ0v) is 16.5. The van der Waals surface area contributed by atoms with Crippen molar-refractivity contribution in [2.24, 2.45) is 5.10 Å². The molecule has 0 spiro atoms. The van der Waals surface area contributed by atoms with E-state index in [1.165, 1.54) is 0 Å². The zero-order chi connectivity index (χ0) is 19.4. The number of hydrogen-bond acceptors (Lipinski definition) is 5. The van der Waals surface area contributed by atoms with Gasteiger partial charge in [-0.2, -0.15) is 14.9 Å². The highest BCUT2D eigenvalue weighted by molar-refractivity contribution is 7.71. The summed E-state index contributed by atoms with van der Waals surface area (Å²) in [5, 5.41) is 21.9. The standard InChI is InChI=1S/C20H23N5OS/c1-4-24(5-2)17-10-9-16(18(26)12-17)13-21-25-19(22-23-20(25)27)15-8-6-7-14(3)11-15/h6-13,26H,4-5H2,1-3H3,(H,23,27)/b21-13+. The Morgan fingerprint density at radius 2 is 2.00 bits per heavy atom. The fraction of sp³-hybridized carbons (Fsp3) is 0.250. The summed E-state index contributed by atoms with van der Waals surface area (Å²) >= 11 is 5.30. The Bertz CT molecular complexity index is 1020. The van der Waals surface area contributed by atoms with Crippen molar-refractivity contribution < 1.29 is 5.11 Å². The third-order valence-corrected chi connectivity index (χ3v) is 4.65. The number of aryl methyl sites for hydroxylation is 1. The third kappa shape index (κ3) is 4.09. The molecule has 0 saturated heterocycles. The van der Waals surface area contributed by atoms with Crippen LogP contribution in [0.2, 0.25) is 0 Å². The van der Waals surface area contributed by atoms with Gasteiger partial charge in [0.2, 0.25) is 4.77 Å². The minimum absolute atomic E-state index is 0.176. The van der Waals surface area contributed by atoms with E-state index in [1.54, 1.807) is 17.0 Å². The maximum absolute atomic E-state index is 10.4. The molecule has 0 fully saturated rings. The summed E-state index contributed by atoms with van der Waals surface area (Å²) in [5.41, 5.74) is 3.64. The highest BCUT2D eigenvalue weighted by Crippen LogP contribution is 2.24.